The summed E-state index contributed by atoms with van der Waals surface area (Å²) in [5, 5.41) is 3.86. The van der Waals surface area contributed by atoms with Crippen LogP contribution in [0.3, 0.4) is 0 Å². The van der Waals surface area contributed by atoms with Crippen LogP contribution < -0.4 is 15.8 Å². The van der Waals surface area contributed by atoms with E-state index in [4.69, 9.17) is 14.9 Å². The van der Waals surface area contributed by atoms with Gasteiger partial charge in [-0.3, -0.25) is 4.90 Å². The lowest BCUT2D eigenvalue weighted by molar-refractivity contribution is 0.108. The van der Waals surface area contributed by atoms with Crippen LogP contribution in [0.1, 0.15) is 54.8 Å². The second kappa shape index (κ2) is 11.7. The molecule has 0 saturated carbocycles. The molecule has 0 spiro atoms. The van der Waals surface area contributed by atoms with Gasteiger partial charge in [0.1, 0.15) is 11.3 Å². The standard InChI is InChI=1S/C30H36N4O2/c1-35-27-17-7-5-13-23(27)21-32-26-16-10-20-34(29(26)22-11-3-2-4-12-22)19-9-14-24(31)30-33-25-15-6-8-18-28(25)36-30/h2-8,11-13,15,17-18,24,26,29,32H,9-10,14,16,19-21,31H2,1H3. The van der Waals surface area contributed by atoms with Gasteiger partial charge in [-0.05, 0) is 62.5 Å². The Morgan fingerprint density at radius 1 is 1.06 bits per heavy atom. The smallest absolute Gasteiger partial charge is 0.212 e. The van der Waals surface area contributed by atoms with Crippen molar-refractivity contribution in [1.29, 1.82) is 0 Å². The summed E-state index contributed by atoms with van der Waals surface area (Å²) in [4.78, 5) is 7.22. The predicted octanol–water partition coefficient (Wildman–Crippen LogP) is 5.61. The maximum atomic E-state index is 6.49. The monoisotopic (exact) mass is 484 g/mol. The average molecular weight is 485 g/mol. The molecule has 2 heterocycles. The molecule has 6 nitrogen and oxygen atoms in total. The van der Waals surface area contributed by atoms with Crippen LogP contribution in [0, 0.1) is 0 Å². The Balaban J connectivity index is 1.25. The molecule has 1 aliphatic rings. The third kappa shape index (κ3) is 5.62. The van der Waals surface area contributed by atoms with Crippen LogP contribution in [0.15, 0.2) is 83.3 Å². The van der Waals surface area contributed by atoms with E-state index in [9.17, 15) is 0 Å². The first-order valence-corrected chi connectivity index (χ1v) is 13.0. The lowest BCUT2D eigenvalue weighted by Crippen LogP contribution is -2.48. The molecular weight excluding hydrogens is 448 g/mol. The molecule has 36 heavy (non-hydrogen) atoms. The summed E-state index contributed by atoms with van der Waals surface area (Å²) in [6.45, 7) is 2.86. The van der Waals surface area contributed by atoms with Gasteiger partial charge in [-0.25, -0.2) is 4.98 Å². The quantitative estimate of drug-likeness (QED) is 0.305. The minimum Gasteiger partial charge on any atom is -0.496 e. The van der Waals surface area contributed by atoms with Crippen LogP contribution in [0.2, 0.25) is 0 Å². The van der Waals surface area contributed by atoms with E-state index in [1.165, 1.54) is 17.5 Å². The second-order valence-electron chi connectivity index (χ2n) is 9.60. The summed E-state index contributed by atoms with van der Waals surface area (Å²) >= 11 is 0. The third-order valence-corrected chi connectivity index (χ3v) is 7.21. The number of nitrogens with two attached hydrogens (primary N) is 1. The van der Waals surface area contributed by atoms with E-state index in [1.807, 2.05) is 36.4 Å². The van der Waals surface area contributed by atoms with Crippen molar-refractivity contribution in [2.24, 2.45) is 5.73 Å². The first-order valence-electron chi connectivity index (χ1n) is 13.0. The molecule has 0 aliphatic carbocycles. The lowest BCUT2D eigenvalue weighted by Gasteiger charge is -2.42. The number of ether oxygens (including phenoxy) is 1. The van der Waals surface area contributed by atoms with Crippen molar-refractivity contribution >= 4 is 11.1 Å². The Hall–Kier alpha value is -3.19. The number of methoxy groups -OCH3 is 1. The molecule has 4 aromatic rings. The van der Waals surface area contributed by atoms with Crippen molar-refractivity contribution in [3.05, 3.63) is 95.9 Å². The Morgan fingerprint density at radius 2 is 1.83 bits per heavy atom. The van der Waals surface area contributed by atoms with E-state index in [0.29, 0.717) is 18.0 Å². The first kappa shape index (κ1) is 24.5. The Labute approximate surface area is 213 Å². The molecule has 6 heteroatoms. The number of likely N-dealkylation sites (tertiary alicyclic amines) is 1. The van der Waals surface area contributed by atoms with Gasteiger partial charge in [0.2, 0.25) is 5.89 Å². The highest BCUT2D eigenvalue weighted by atomic mass is 16.5. The van der Waals surface area contributed by atoms with Crippen LogP contribution in [-0.2, 0) is 6.54 Å². The molecule has 0 bridgehead atoms. The average Bonchev–Trinajstić information content (AvgIpc) is 3.37. The molecule has 0 amide bonds. The summed E-state index contributed by atoms with van der Waals surface area (Å²) in [6.07, 6.45) is 4.14. The second-order valence-corrected chi connectivity index (χ2v) is 9.60. The van der Waals surface area contributed by atoms with Gasteiger partial charge >= 0.3 is 0 Å². The summed E-state index contributed by atoms with van der Waals surface area (Å²) < 4.78 is 11.5. The maximum Gasteiger partial charge on any atom is 0.212 e. The molecule has 1 saturated heterocycles. The number of para-hydroxylation sites is 3. The molecule has 1 aromatic heterocycles. The number of hydrogen-bond donors (Lipinski definition) is 2. The highest BCUT2D eigenvalue weighted by Gasteiger charge is 2.32. The number of piperidine rings is 1. The van der Waals surface area contributed by atoms with Gasteiger partial charge in [0, 0.05) is 18.2 Å². The van der Waals surface area contributed by atoms with E-state index in [0.717, 1.165) is 55.7 Å². The molecule has 1 aliphatic heterocycles. The van der Waals surface area contributed by atoms with Gasteiger partial charge in [-0.1, -0.05) is 60.7 Å². The number of benzene rings is 3. The summed E-state index contributed by atoms with van der Waals surface area (Å²) in [6, 6.07) is 27.4. The Morgan fingerprint density at radius 3 is 2.67 bits per heavy atom. The fraction of sp³-hybridized carbons (Fsp3) is 0.367. The minimum atomic E-state index is -0.197. The SMILES string of the molecule is COc1ccccc1CNC1CCCN(CCCC(N)c2nc3ccccc3o2)C1c1ccccc1. The minimum absolute atomic E-state index is 0.197. The normalized spacial score (nSPS) is 19.4. The van der Waals surface area contributed by atoms with Crippen LogP contribution in [0.5, 0.6) is 5.75 Å². The molecule has 3 unspecified atom stereocenters. The van der Waals surface area contributed by atoms with Gasteiger partial charge in [-0.2, -0.15) is 0 Å². The number of oxazole rings is 1. The zero-order chi connectivity index (χ0) is 24.7. The van der Waals surface area contributed by atoms with Crippen LogP contribution in [0.25, 0.3) is 11.1 Å². The topological polar surface area (TPSA) is 76.5 Å². The predicted molar refractivity (Wildman–Crippen MR) is 144 cm³/mol. The molecule has 188 valence electrons. The van der Waals surface area contributed by atoms with Crippen molar-refractivity contribution in [3.63, 3.8) is 0 Å². The highest BCUT2D eigenvalue weighted by Crippen LogP contribution is 2.33. The zero-order valence-electron chi connectivity index (χ0n) is 21.0. The number of nitrogens with one attached hydrogen (secondary N) is 1. The van der Waals surface area contributed by atoms with E-state index < -0.39 is 0 Å². The molecule has 3 N–H and O–H groups in total. The highest BCUT2D eigenvalue weighted by molar-refractivity contribution is 5.72. The van der Waals surface area contributed by atoms with Crippen LogP contribution in [0.4, 0.5) is 0 Å². The van der Waals surface area contributed by atoms with Crippen molar-refractivity contribution in [1.82, 2.24) is 15.2 Å². The number of nitrogens with zero attached hydrogens (tertiary/aromatic N) is 2. The zero-order valence-corrected chi connectivity index (χ0v) is 21.0. The summed E-state index contributed by atoms with van der Waals surface area (Å²) in [5.41, 5.74) is 10.7. The molecule has 3 atom stereocenters. The molecule has 0 radical (unpaired) electrons. The number of aromatic nitrogens is 1. The van der Waals surface area contributed by atoms with Crippen molar-refractivity contribution in [2.75, 3.05) is 20.2 Å². The van der Waals surface area contributed by atoms with E-state index in [-0.39, 0.29) is 6.04 Å². The molecule has 5 rings (SSSR count). The largest absolute Gasteiger partial charge is 0.496 e. The summed E-state index contributed by atoms with van der Waals surface area (Å²) in [5.74, 6) is 1.56. The number of hydrogen-bond acceptors (Lipinski definition) is 6. The first-order chi connectivity index (χ1) is 17.7. The molecule has 1 fully saturated rings. The fourth-order valence-corrected chi connectivity index (χ4v) is 5.40. The third-order valence-electron chi connectivity index (χ3n) is 7.21. The lowest BCUT2D eigenvalue weighted by atomic mass is 9.89. The van der Waals surface area contributed by atoms with Crippen molar-refractivity contribution in [3.8, 4) is 5.75 Å². The van der Waals surface area contributed by atoms with Gasteiger partial charge < -0.3 is 20.2 Å². The van der Waals surface area contributed by atoms with Gasteiger partial charge in [0.15, 0.2) is 5.58 Å². The van der Waals surface area contributed by atoms with E-state index >= 15 is 0 Å². The van der Waals surface area contributed by atoms with Crippen molar-refractivity contribution < 1.29 is 9.15 Å². The van der Waals surface area contributed by atoms with Gasteiger partial charge in [0.25, 0.3) is 0 Å². The number of rotatable bonds is 10. The van der Waals surface area contributed by atoms with E-state index in [1.54, 1.807) is 7.11 Å². The van der Waals surface area contributed by atoms with E-state index in [2.05, 4.69) is 57.7 Å². The maximum absolute atomic E-state index is 6.49. The Kier molecular flexibility index (Phi) is 7.96. The summed E-state index contributed by atoms with van der Waals surface area (Å²) in [7, 11) is 1.74. The van der Waals surface area contributed by atoms with Crippen molar-refractivity contribution in [2.45, 2.75) is 50.4 Å². The Bertz CT molecular complexity index is 1210. The number of fused-ring (bicyclic) bond motifs is 1. The van der Waals surface area contributed by atoms with Crippen LogP contribution >= 0.6 is 0 Å². The fourth-order valence-electron chi connectivity index (χ4n) is 5.40. The van der Waals surface area contributed by atoms with Gasteiger partial charge in [-0.15, -0.1) is 0 Å². The van der Waals surface area contributed by atoms with Crippen LogP contribution in [-0.4, -0.2) is 36.1 Å². The molecule has 3 aromatic carbocycles. The van der Waals surface area contributed by atoms with Gasteiger partial charge in [0.05, 0.1) is 19.2 Å². The molecular formula is C30H36N4O2.